The fraction of sp³-hybridized carbons (Fsp3) is 0.857. The molecule has 1 saturated carbocycles. The Kier molecular flexibility index (Phi) is 1.20. The maximum Gasteiger partial charge on any atom is 0.220 e. The minimum Gasteiger partial charge on any atom is -0.353 e. The van der Waals surface area contributed by atoms with E-state index in [9.17, 15) is 4.79 Å². The predicted octanol–water partition coefficient (Wildman–Crippen LogP) is -0.530. The van der Waals surface area contributed by atoms with E-state index in [1.807, 2.05) is 0 Å². The minimum absolute atomic E-state index is 0.206. The first-order valence-corrected chi connectivity index (χ1v) is 3.82. The van der Waals surface area contributed by atoms with Crippen molar-refractivity contribution in [1.29, 1.82) is 0 Å². The lowest BCUT2D eigenvalue weighted by atomic mass is 10.1. The van der Waals surface area contributed by atoms with Crippen molar-refractivity contribution in [1.82, 2.24) is 5.32 Å². The summed E-state index contributed by atoms with van der Waals surface area (Å²) in [5.41, 5.74) is 5.49. The molecule has 1 aliphatic carbocycles. The van der Waals surface area contributed by atoms with E-state index in [0.717, 1.165) is 13.0 Å². The highest BCUT2D eigenvalue weighted by atomic mass is 16.1. The Morgan fingerprint density at radius 1 is 1.70 bits per heavy atom. The molecule has 0 radical (unpaired) electrons. The first-order chi connectivity index (χ1) is 4.83. The summed E-state index contributed by atoms with van der Waals surface area (Å²) in [5, 5.41) is 2.94. The Bertz CT molecular complexity index is 165. The molecule has 3 N–H and O–H groups in total. The normalized spacial score (nSPS) is 44.1. The van der Waals surface area contributed by atoms with E-state index in [-0.39, 0.29) is 5.91 Å². The average Bonchev–Trinajstić information content (AvgIpc) is 2.60. The molecule has 1 heterocycles. The number of piperidine rings is 1. The summed E-state index contributed by atoms with van der Waals surface area (Å²) in [4.78, 5) is 10.8. The summed E-state index contributed by atoms with van der Waals surface area (Å²) in [6.07, 6.45) is 1.76. The molecule has 1 aliphatic heterocycles. The van der Waals surface area contributed by atoms with Crippen LogP contribution in [0.25, 0.3) is 0 Å². The lowest BCUT2D eigenvalue weighted by Gasteiger charge is -2.08. The molecule has 0 bridgehead atoms. The van der Waals surface area contributed by atoms with Gasteiger partial charge in [0.2, 0.25) is 5.91 Å². The monoisotopic (exact) mass is 140 g/mol. The van der Waals surface area contributed by atoms with Crippen LogP contribution in [0.2, 0.25) is 0 Å². The molecular weight excluding hydrogens is 128 g/mol. The predicted molar refractivity (Wildman–Crippen MR) is 37.2 cm³/mol. The summed E-state index contributed by atoms with van der Waals surface area (Å²) in [7, 11) is 0. The molecule has 3 nitrogen and oxygen atoms in total. The quantitative estimate of drug-likeness (QED) is 0.514. The van der Waals surface area contributed by atoms with Crippen LogP contribution in [0.3, 0.4) is 0 Å². The van der Waals surface area contributed by atoms with E-state index >= 15 is 0 Å². The topological polar surface area (TPSA) is 55.1 Å². The molecule has 56 valence electrons. The molecule has 10 heavy (non-hydrogen) atoms. The Morgan fingerprint density at radius 2 is 2.50 bits per heavy atom. The molecule has 3 unspecified atom stereocenters. The lowest BCUT2D eigenvalue weighted by Crippen LogP contribution is -2.31. The third kappa shape index (κ3) is 0.736. The molecule has 0 aromatic heterocycles. The highest BCUT2D eigenvalue weighted by Gasteiger charge is 2.51. The fourth-order valence-electron chi connectivity index (χ4n) is 1.93. The van der Waals surface area contributed by atoms with Gasteiger partial charge in [0, 0.05) is 12.5 Å². The lowest BCUT2D eigenvalue weighted by molar-refractivity contribution is -0.122. The van der Waals surface area contributed by atoms with E-state index in [0.29, 0.717) is 24.3 Å². The third-order valence-corrected chi connectivity index (χ3v) is 2.64. The number of nitrogens with two attached hydrogens (primary N) is 1. The van der Waals surface area contributed by atoms with Crippen LogP contribution < -0.4 is 11.1 Å². The average molecular weight is 140 g/mol. The second-order valence-electron chi connectivity index (χ2n) is 3.20. The summed E-state index contributed by atoms with van der Waals surface area (Å²) in [6.45, 7) is 0.732. The Morgan fingerprint density at radius 3 is 3.10 bits per heavy atom. The third-order valence-electron chi connectivity index (χ3n) is 2.64. The molecule has 2 rings (SSSR count). The van der Waals surface area contributed by atoms with E-state index in [4.69, 9.17) is 5.73 Å². The standard InChI is InChI=1S/C7H12N2O/c8-3-5-4-1-2-6(10)9-7(4)5/h4-5,7H,1-3,8H2,(H,9,10). The molecule has 2 fully saturated rings. The SMILES string of the molecule is NCC1C2CCC(=O)NC12. The number of amides is 1. The van der Waals surface area contributed by atoms with Crippen LogP contribution in [0, 0.1) is 11.8 Å². The van der Waals surface area contributed by atoms with Crippen LogP contribution in [0.15, 0.2) is 0 Å². The van der Waals surface area contributed by atoms with Crippen molar-refractivity contribution in [2.24, 2.45) is 17.6 Å². The van der Waals surface area contributed by atoms with Gasteiger partial charge in [-0.15, -0.1) is 0 Å². The Balaban J connectivity index is 1.97. The Hall–Kier alpha value is -0.570. The number of hydrogen-bond donors (Lipinski definition) is 2. The van der Waals surface area contributed by atoms with Crippen molar-refractivity contribution in [3.05, 3.63) is 0 Å². The minimum atomic E-state index is 0.206. The molecule has 0 aromatic rings. The number of rotatable bonds is 1. The van der Waals surface area contributed by atoms with Crippen LogP contribution in [-0.4, -0.2) is 18.5 Å². The van der Waals surface area contributed by atoms with Gasteiger partial charge < -0.3 is 11.1 Å². The highest BCUT2D eigenvalue weighted by molar-refractivity contribution is 5.78. The second-order valence-corrected chi connectivity index (χ2v) is 3.20. The van der Waals surface area contributed by atoms with Crippen molar-refractivity contribution >= 4 is 5.91 Å². The van der Waals surface area contributed by atoms with Crippen LogP contribution in [0.4, 0.5) is 0 Å². The van der Waals surface area contributed by atoms with Gasteiger partial charge in [-0.05, 0) is 24.8 Å². The number of carbonyl (C=O) groups is 1. The molecule has 1 saturated heterocycles. The van der Waals surface area contributed by atoms with Gasteiger partial charge >= 0.3 is 0 Å². The summed E-state index contributed by atoms with van der Waals surface area (Å²) in [5.74, 6) is 1.51. The van der Waals surface area contributed by atoms with Gasteiger partial charge in [-0.25, -0.2) is 0 Å². The number of nitrogens with one attached hydrogen (secondary N) is 1. The summed E-state index contributed by atoms with van der Waals surface area (Å²) < 4.78 is 0. The molecule has 0 spiro atoms. The maximum absolute atomic E-state index is 10.8. The first-order valence-electron chi connectivity index (χ1n) is 3.82. The molecule has 3 heteroatoms. The molecule has 3 atom stereocenters. The van der Waals surface area contributed by atoms with Gasteiger partial charge in [-0.2, -0.15) is 0 Å². The van der Waals surface area contributed by atoms with Gasteiger partial charge in [0.1, 0.15) is 0 Å². The second kappa shape index (κ2) is 1.95. The largest absolute Gasteiger partial charge is 0.353 e. The van der Waals surface area contributed by atoms with E-state index < -0.39 is 0 Å². The van der Waals surface area contributed by atoms with Gasteiger partial charge in [0.05, 0.1) is 0 Å². The highest BCUT2D eigenvalue weighted by Crippen LogP contribution is 2.43. The molecular formula is C7H12N2O. The molecule has 0 aromatic carbocycles. The van der Waals surface area contributed by atoms with E-state index in [1.165, 1.54) is 0 Å². The zero-order valence-corrected chi connectivity index (χ0v) is 5.84. The van der Waals surface area contributed by atoms with Gasteiger partial charge in [0.15, 0.2) is 0 Å². The maximum atomic E-state index is 10.8. The van der Waals surface area contributed by atoms with Gasteiger partial charge in [-0.1, -0.05) is 0 Å². The number of hydrogen-bond acceptors (Lipinski definition) is 2. The van der Waals surface area contributed by atoms with Crippen molar-refractivity contribution in [3.63, 3.8) is 0 Å². The zero-order valence-electron chi connectivity index (χ0n) is 5.84. The fourth-order valence-corrected chi connectivity index (χ4v) is 1.93. The first kappa shape index (κ1) is 6.16. The van der Waals surface area contributed by atoms with E-state index in [1.54, 1.807) is 0 Å². The number of carbonyl (C=O) groups excluding carboxylic acids is 1. The van der Waals surface area contributed by atoms with Crippen molar-refractivity contribution < 1.29 is 4.79 Å². The van der Waals surface area contributed by atoms with Crippen LogP contribution >= 0.6 is 0 Å². The van der Waals surface area contributed by atoms with Crippen molar-refractivity contribution in [2.45, 2.75) is 18.9 Å². The molecule has 1 amide bonds. The van der Waals surface area contributed by atoms with Crippen LogP contribution in [0.1, 0.15) is 12.8 Å². The van der Waals surface area contributed by atoms with Gasteiger partial charge in [-0.3, -0.25) is 4.79 Å². The summed E-state index contributed by atoms with van der Waals surface area (Å²) >= 11 is 0. The van der Waals surface area contributed by atoms with Crippen LogP contribution in [0.5, 0.6) is 0 Å². The molecule has 2 aliphatic rings. The van der Waals surface area contributed by atoms with Crippen LogP contribution in [-0.2, 0) is 4.79 Å². The van der Waals surface area contributed by atoms with Crippen molar-refractivity contribution in [3.8, 4) is 0 Å². The zero-order chi connectivity index (χ0) is 7.14. The number of fused-ring (bicyclic) bond motifs is 1. The van der Waals surface area contributed by atoms with Gasteiger partial charge in [0.25, 0.3) is 0 Å². The van der Waals surface area contributed by atoms with E-state index in [2.05, 4.69) is 5.32 Å². The summed E-state index contributed by atoms with van der Waals surface area (Å²) in [6, 6.07) is 0.436. The van der Waals surface area contributed by atoms with Crippen molar-refractivity contribution in [2.75, 3.05) is 6.54 Å². The smallest absolute Gasteiger partial charge is 0.220 e. The Labute approximate surface area is 60.0 Å².